The van der Waals surface area contributed by atoms with Crippen molar-refractivity contribution >= 4 is 6.03 Å². The van der Waals surface area contributed by atoms with Crippen LogP contribution >= 0.6 is 0 Å². The lowest BCUT2D eigenvalue weighted by Crippen LogP contribution is -2.52. The summed E-state index contributed by atoms with van der Waals surface area (Å²) >= 11 is 0. The highest BCUT2D eigenvalue weighted by molar-refractivity contribution is 5.75. The van der Waals surface area contributed by atoms with E-state index in [9.17, 15) is 4.79 Å². The maximum absolute atomic E-state index is 12.9. The molecule has 4 heteroatoms. The van der Waals surface area contributed by atoms with Gasteiger partial charge in [0, 0.05) is 19.6 Å². The molecule has 21 heavy (non-hydrogen) atoms. The van der Waals surface area contributed by atoms with Crippen molar-refractivity contribution in [1.82, 2.24) is 9.80 Å². The number of fused-ring (bicyclic) bond motifs is 1. The molecule has 2 heterocycles. The van der Waals surface area contributed by atoms with E-state index in [1.165, 1.54) is 11.1 Å². The van der Waals surface area contributed by atoms with Crippen LogP contribution in [0.1, 0.15) is 31.0 Å². The molecule has 1 unspecified atom stereocenters. The van der Waals surface area contributed by atoms with Crippen molar-refractivity contribution in [2.75, 3.05) is 32.8 Å². The zero-order valence-corrected chi connectivity index (χ0v) is 12.9. The Hall–Kier alpha value is -1.55. The van der Waals surface area contributed by atoms with Gasteiger partial charge in [-0.3, -0.25) is 0 Å². The second-order valence-corrected chi connectivity index (χ2v) is 6.21. The van der Waals surface area contributed by atoms with Gasteiger partial charge >= 0.3 is 6.03 Å². The SMILES string of the molecule is CC(C)C1c2ccccc2CCN1C(=O)N1CCOCC1. The number of benzene rings is 1. The number of carbonyl (C=O) groups excluding carboxylic acids is 1. The Morgan fingerprint density at radius 3 is 2.62 bits per heavy atom. The molecular weight excluding hydrogens is 264 g/mol. The van der Waals surface area contributed by atoms with Gasteiger partial charge in [0.2, 0.25) is 0 Å². The van der Waals surface area contributed by atoms with Crippen LogP contribution in [0, 0.1) is 5.92 Å². The molecule has 0 aliphatic carbocycles. The molecule has 4 nitrogen and oxygen atoms in total. The summed E-state index contributed by atoms with van der Waals surface area (Å²) in [4.78, 5) is 16.9. The summed E-state index contributed by atoms with van der Waals surface area (Å²) in [7, 11) is 0. The van der Waals surface area contributed by atoms with Gasteiger partial charge in [-0.2, -0.15) is 0 Å². The average molecular weight is 288 g/mol. The number of ether oxygens (including phenoxy) is 1. The fourth-order valence-corrected chi connectivity index (χ4v) is 3.47. The summed E-state index contributed by atoms with van der Waals surface area (Å²) in [6, 6.07) is 8.91. The molecule has 114 valence electrons. The van der Waals surface area contributed by atoms with Crippen LogP contribution in [-0.4, -0.2) is 48.7 Å². The van der Waals surface area contributed by atoms with E-state index in [4.69, 9.17) is 4.74 Å². The van der Waals surface area contributed by atoms with Gasteiger partial charge in [0.1, 0.15) is 0 Å². The fraction of sp³-hybridized carbons (Fsp3) is 0.588. The number of amides is 2. The van der Waals surface area contributed by atoms with Gasteiger partial charge in [0.25, 0.3) is 0 Å². The molecule has 0 N–H and O–H groups in total. The lowest BCUT2D eigenvalue weighted by atomic mass is 9.86. The van der Waals surface area contributed by atoms with Crippen LogP contribution in [0.3, 0.4) is 0 Å². The van der Waals surface area contributed by atoms with Crippen LogP contribution in [-0.2, 0) is 11.2 Å². The van der Waals surface area contributed by atoms with Crippen molar-refractivity contribution in [3.8, 4) is 0 Å². The first-order chi connectivity index (χ1) is 10.2. The molecule has 0 saturated carbocycles. The number of urea groups is 1. The number of carbonyl (C=O) groups is 1. The molecule has 0 spiro atoms. The molecule has 2 aliphatic rings. The second-order valence-electron chi connectivity index (χ2n) is 6.21. The first-order valence-electron chi connectivity index (χ1n) is 7.89. The Labute approximate surface area is 126 Å². The molecule has 3 rings (SSSR count). The number of morpholine rings is 1. The molecule has 0 aromatic heterocycles. The number of nitrogens with zero attached hydrogens (tertiary/aromatic N) is 2. The molecule has 1 aromatic carbocycles. The van der Waals surface area contributed by atoms with Gasteiger partial charge in [-0.05, 0) is 23.5 Å². The Morgan fingerprint density at radius 1 is 1.19 bits per heavy atom. The predicted molar refractivity (Wildman–Crippen MR) is 82.2 cm³/mol. The molecule has 2 amide bonds. The van der Waals surface area contributed by atoms with E-state index in [0.717, 1.165) is 13.0 Å². The molecule has 1 fully saturated rings. The Morgan fingerprint density at radius 2 is 1.90 bits per heavy atom. The zero-order valence-electron chi connectivity index (χ0n) is 12.9. The third-order valence-corrected chi connectivity index (χ3v) is 4.49. The van der Waals surface area contributed by atoms with Crippen molar-refractivity contribution in [2.24, 2.45) is 5.92 Å². The van der Waals surface area contributed by atoms with E-state index in [-0.39, 0.29) is 12.1 Å². The minimum absolute atomic E-state index is 0.173. The normalized spacial score (nSPS) is 22.3. The largest absolute Gasteiger partial charge is 0.378 e. The molecule has 1 aromatic rings. The van der Waals surface area contributed by atoms with Gasteiger partial charge in [0.05, 0.1) is 19.3 Å². The van der Waals surface area contributed by atoms with Gasteiger partial charge in [-0.1, -0.05) is 38.1 Å². The van der Waals surface area contributed by atoms with E-state index >= 15 is 0 Å². The van der Waals surface area contributed by atoms with Crippen LogP contribution in [0.25, 0.3) is 0 Å². The lowest BCUT2D eigenvalue weighted by molar-refractivity contribution is 0.0351. The first kappa shape index (κ1) is 14.4. The zero-order chi connectivity index (χ0) is 14.8. The Bertz CT molecular complexity index is 509. The Balaban J connectivity index is 1.86. The van der Waals surface area contributed by atoms with Crippen molar-refractivity contribution in [2.45, 2.75) is 26.3 Å². The highest BCUT2D eigenvalue weighted by Gasteiger charge is 2.35. The fourth-order valence-electron chi connectivity index (χ4n) is 3.47. The van der Waals surface area contributed by atoms with E-state index in [0.29, 0.717) is 32.2 Å². The smallest absolute Gasteiger partial charge is 0.320 e. The summed E-state index contributed by atoms with van der Waals surface area (Å²) in [5.41, 5.74) is 2.71. The lowest BCUT2D eigenvalue weighted by Gasteiger charge is -2.42. The average Bonchev–Trinajstić information content (AvgIpc) is 2.53. The van der Waals surface area contributed by atoms with Crippen LogP contribution in [0.5, 0.6) is 0 Å². The number of hydrogen-bond acceptors (Lipinski definition) is 2. The summed E-state index contributed by atoms with van der Waals surface area (Å²) in [5, 5.41) is 0. The number of hydrogen-bond donors (Lipinski definition) is 0. The van der Waals surface area contributed by atoms with E-state index in [1.54, 1.807) is 0 Å². The molecule has 0 radical (unpaired) electrons. The molecular formula is C17H24N2O2. The third-order valence-electron chi connectivity index (χ3n) is 4.49. The Kier molecular flexibility index (Phi) is 4.15. The van der Waals surface area contributed by atoms with Crippen molar-refractivity contribution in [3.05, 3.63) is 35.4 Å². The first-order valence-corrected chi connectivity index (χ1v) is 7.89. The van der Waals surface area contributed by atoms with Gasteiger partial charge in [-0.15, -0.1) is 0 Å². The summed E-state index contributed by atoms with van der Waals surface area (Å²) in [6.45, 7) is 7.95. The summed E-state index contributed by atoms with van der Waals surface area (Å²) in [6.07, 6.45) is 0.954. The maximum Gasteiger partial charge on any atom is 0.320 e. The molecule has 1 saturated heterocycles. The standard InChI is InChI=1S/C17H24N2O2/c1-13(2)16-15-6-4-3-5-14(15)7-8-19(16)17(20)18-9-11-21-12-10-18/h3-6,13,16H,7-12H2,1-2H3. The van der Waals surface area contributed by atoms with Gasteiger partial charge in [0.15, 0.2) is 0 Å². The minimum atomic E-state index is 0.173. The maximum atomic E-state index is 12.9. The molecule has 0 bridgehead atoms. The third kappa shape index (κ3) is 2.77. The van der Waals surface area contributed by atoms with Crippen LogP contribution in [0.4, 0.5) is 4.79 Å². The van der Waals surface area contributed by atoms with Crippen molar-refractivity contribution in [3.63, 3.8) is 0 Å². The summed E-state index contributed by atoms with van der Waals surface area (Å²) in [5.74, 6) is 0.413. The van der Waals surface area contributed by atoms with Gasteiger partial charge in [-0.25, -0.2) is 4.79 Å². The van der Waals surface area contributed by atoms with E-state index in [2.05, 4.69) is 43.0 Å². The minimum Gasteiger partial charge on any atom is -0.378 e. The monoisotopic (exact) mass is 288 g/mol. The molecule has 1 atom stereocenters. The molecule has 2 aliphatic heterocycles. The summed E-state index contributed by atoms with van der Waals surface area (Å²) < 4.78 is 5.36. The second kappa shape index (κ2) is 6.06. The van der Waals surface area contributed by atoms with Crippen LogP contribution in [0.15, 0.2) is 24.3 Å². The van der Waals surface area contributed by atoms with E-state index in [1.807, 2.05) is 4.90 Å². The van der Waals surface area contributed by atoms with Crippen molar-refractivity contribution in [1.29, 1.82) is 0 Å². The highest BCUT2D eigenvalue weighted by atomic mass is 16.5. The van der Waals surface area contributed by atoms with Crippen LogP contribution in [0.2, 0.25) is 0 Å². The topological polar surface area (TPSA) is 32.8 Å². The number of rotatable bonds is 1. The van der Waals surface area contributed by atoms with Crippen molar-refractivity contribution < 1.29 is 9.53 Å². The predicted octanol–water partition coefficient (Wildman–Crippen LogP) is 2.69. The van der Waals surface area contributed by atoms with Crippen LogP contribution < -0.4 is 0 Å². The van der Waals surface area contributed by atoms with Gasteiger partial charge < -0.3 is 14.5 Å². The highest BCUT2D eigenvalue weighted by Crippen LogP contribution is 2.35. The quantitative estimate of drug-likeness (QED) is 0.796. The van der Waals surface area contributed by atoms with E-state index < -0.39 is 0 Å².